The number of carbonyl (C=O) groups is 2. The maximum atomic E-state index is 12.5. The predicted molar refractivity (Wildman–Crippen MR) is 55.3 cm³/mol. The average Bonchev–Trinajstić information content (AvgIpc) is 2.17. The van der Waals surface area contributed by atoms with Crippen LogP contribution in [0.15, 0.2) is 31.0 Å². The fourth-order valence-electron chi connectivity index (χ4n) is 0.780. The van der Waals surface area contributed by atoms with E-state index in [4.69, 9.17) is 5.11 Å². The van der Waals surface area contributed by atoms with Crippen molar-refractivity contribution >= 4 is 11.9 Å². The van der Waals surface area contributed by atoms with Gasteiger partial charge in [-0.05, 0) is 12.1 Å². The Labute approximate surface area is 96.1 Å². The highest BCUT2D eigenvalue weighted by atomic mass is 19.1. The number of hydrogen-bond acceptors (Lipinski definition) is 3. The lowest BCUT2D eigenvalue weighted by molar-refractivity contribution is -0.135. The third-order valence-electron chi connectivity index (χ3n) is 1.41. The number of carboxylic acids is 1. The van der Waals surface area contributed by atoms with Gasteiger partial charge in [-0.2, -0.15) is 0 Å². The van der Waals surface area contributed by atoms with E-state index >= 15 is 0 Å². The van der Waals surface area contributed by atoms with Crippen molar-refractivity contribution in [3.05, 3.63) is 48.2 Å². The van der Waals surface area contributed by atoms with Gasteiger partial charge >= 0.3 is 11.9 Å². The van der Waals surface area contributed by atoms with Gasteiger partial charge in [-0.25, -0.2) is 13.6 Å². The number of halogens is 2. The maximum Gasteiger partial charge on any atom is 0.338 e. The molecule has 0 radical (unpaired) electrons. The lowest BCUT2D eigenvalue weighted by Gasteiger charge is -1.94. The second kappa shape index (κ2) is 7.10. The summed E-state index contributed by atoms with van der Waals surface area (Å²) in [6.45, 7) is 4.48. The monoisotopic (exact) mass is 244 g/mol. The smallest absolute Gasteiger partial charge is 0.338 e. The summed E-state index contributed by atoms with van der Waals surface area (Å²) in [5.41, 5.74) is -0.522. The molecule has 1 rings (SSSR count). The van der Waals surface area contributed by atoms with Gasteiger partial charge in [0, 0.05) is 13.0 Å². The van der Waals surface area contributed by atoms with Crippen molar-refractivity contribution in [1.29, 1.82) is 0 Å². The van der Waals surface area contributed by atoms with Crippen molar-refractivity contribution in [3.8, 4) is 0 Å². The fourth-order valence-corrected chi connectivity index (χ4v) is 0.780. The lowest BCUT2D eigenvalue weighted by atomic mass is 10.2. The van der Waals surface area contributed by atoms with Crippen LogP contribution in [-0.2, 0) is 9.53 Å². The van der Waals surface area contributed by atoms with E-state index in [1.807, 2.05) is 0 Å². The van der Waals surface area contributed by atoms with Crippen LogP contribution in [0.2, 0.25) is 0 Å². The highest BCUT2D eigenvalue weighted by molar-refractivity contribution is 5.87. The zero-order valence-electron chi connectivity index (χ0n) is 8.94. The van der Waals surface area contributed by atoms with Crippen molar-refractivity contribution in [2.75, 3.05) is 0 Å². The first kappa shape index (κ1) is 14.8. The van der Waals surface area contributed by atoms with Crippen LogP contribution in [0.5, 0.6) is 0 Å². The molecule has 6 heteroatoms. The van der Waals surface area contributed by atoms with E-state index in [-0.39, 0.29) is 5.97 Å². The van der Waals surface area contributed by atoms with Crippen molar-refractivity contribution in [3.63, 3.8) is 0 Å². The Kier molecular flexibility index (Phi) is 6.17. The minimum atomic E-state index is -1.40. The predicted octanol–water partition coefficient (Wildman–Crippen LogP) is 2.36. The number of hydrogen-bond donors (Lipinski definition) is 1. The van der Waals surface area contributed by atoms with Gasteiger partial charge in [0.1, 0.15) is 11.6 Å². The van der Waals surface area contributed by atoms with E-state index in [1.165, 1.54) is 6.92 Å². The normalized spacial score (nSPS) is 8.65. The second-order valence-corrected chi connectivity index (χ2v) is 2.71. The highest BCUT2D eigenvalue weighted by Crippen LogP contribution is 2.08. The van der Waals surface area contributed by atoms with Crippen LogP contribution in [0.4, 0.5) is 8.78 Å². The summed E-state index contributed by atoms with van der Waals surface area (Å²) in [6.07, 6.45) is 1.10. The summed E-state index contributed by atoms with van der Waals surface area (Å²) in [5.74, 6) is -3.57. The summed E-state index contributed by atoms with van der Waals surface area (Å²) in [6, 6.07) is 2.31. The Morgan fingerprint density at radius 1 is 1.41 bits per heavy atom. The standard InChI is InChI=1S/C7H4F2O2.C4H6O2/c8-4-1-2-5(7(10)11)6(9)3-4;1-3-6-4(2)5/h1-3H,(H,10,11);3H,1H2,2H3. The van der Waals surface area contributed by atoms with Gasteiger partial charge in [-0.3, -0.25) is 4.79 Å². The van der Waals surface area contributed by atoms with E-state index < -0.39 is 23.2 Å². The van der Waals surface area contributed by atoms with Crippen molar-refractivity contribution in [1.82, 2.24) is 0 Å². The Hall–Kier alpha value is -2.24. The Balaban J connectivity index is 0.000000366. The average molecular weight is 244 g/mol. The molecule has 0 atom stereocenters. The largest absolute Gasteiger partial charge is 0.478 e. The van der Waals surface area contributed by atoms with E-state index in [0.717, 1.165) is 18.4 Å². The summed E-state index contributed by atoms with van der Waals surface area (Å²) in [7, 11) is 0. The number of carbonyl (C=O) groups excluding carboxylic acids is 1. The number of aromatic carboxylic acids is 1. The third kappa shape index (κ3) is 6.03. The third-order valence-corrected chi connectivity index (χ3v) is 1.41. The first-order valence-electron chi connectivity index (χ1n) is 4.35. The summed E-state index contributed by atoms with van der Waals surface area (Å²) in [4.78, 5) is 19.9. The molecule has 17 heavy (non-hydrogen) atoms. The SMILES string of the molecule is C=COC(C)=O.O=C(O)c1ccc(F)cc1F. The molecule has 0 spiro atoms. The molecule has 1 aromatic rings. The molecule has 0 aliphatic carbocycles. The molecule has 0 bridgehead atoms. The maximum absolute atomic E-state index is 12.5. The van der Waals surface area contributed by atoms with Crippen LogP contribution in [0.25, 0.3) is 0 Å². The molecule has 0 fully saturated rings. The second-order valence-electron chi connectivity index (χ2n) is 2.71. The van der Waals surface area contributed by atoms with Crippen LogP contribution in [0, 0.1) is 11.6 Å². The van der Waals surface area contributed by atoms with Crippen molar-refractivity contribution in [2.45, 2.75) is 6.92 Å². The summed E-state index contributed by atoms with van der Waals surface area (Å²) in [5, 5.41) is 8.29. The van der Waals surface area contributed by atoms with Crippen molar-refractivity contribution in [2.24, 2.45) is 0 Å². The fraction of sp³-hybridized carbons (Fsp3) is 0.0909. The van der Waals surface area contributed by atoms with E-state index in [9.17, 15) is 18.4 Å². The first-order chi connectivity index (χ1) is 7.88. The molecule has 0 saturated carbocycles. The molecule has 4 nitrogen and oxygen atoms in total. The van der Waals surface area contributed by atoms with Crippen LogP contribution in [0.1, 0.15) is 17.3 Å². The van der Waals surface area contributed by atoms with Gasteiger partial charge in [-0.1, -0.05) is 6.58 Å². The van der Waals surface area contributed by atoms with Gasteiger partial charge in [0.05, 0.1) is 11.8 Å². The molecule has 1 N–H and O–H groups in total. The number of benzene rings is 1. The van der Waals surface area contributed by atoms with Gasteiger partial charge in [-0.15, -0.1) is 0 Å². The van der Waals surface area contributed by atoms with Crippen molar-refractivity contribution < 1.29 is 28.2 Å². The Morgan fingerprint density at radius 2 is 2.00 bits per heavy atom. The summed E-state index contributed by atoms with van der Waals surface area (Å²) >= 11 is 0. The molecule has 92 valence electrons. The lowest BCUT2D eigenvalue weighted by Crippen LogP contribution is -2.00. The number of rotatable bonds is 2. The molecule has 1 aromatic carbocycles. The molecule has 0 heterocycles. The molecule has 0 saturated heterocycles. The number of carboxylic acid groups (broad SMARTS) is 1. The molecular formula is C11H10F2O4. The molecule has 0 aliphatic heterocycles. The van der Waals surface area contributed by atoms with E-state index in [2.05, 4.69) is 11.3 Å². The summed E-state index contributed by atoms with van der Waals surface area (Å²) < 4.78 is 28.8. The number of esters is 1. The van der Waals surface area contributed by atoms with Gasteiger partial charge in [0.25, 0.3) is 0 Å². The van der Waals surface area contributed by atoms with E-state index in [0.29, 0.717) is 6.07 Å². The van der Waals surface area contributed by atoms with Gasteiger partial charge in [0.15, 0.2) is 0 Å². The van der Waals surface area contributed by atoms with Gasteiger partial charge < -0.3 is 9.84 Å². The molecule has 0 aromatic heterocycles. The number of ether oxygens (including phenoxy) is 1. The Morgan fingerprint density at radius 3 is 2.29 bits per heavy atom. The zero-order chi connectivity index (χ0) is 13.4. The molecule has 0 amide bonds. The van der Waals surface area contributed by atoms with Crippen LogP contribution in [0.3, 0.4) is 0 Å². The quantitative estimate of drug-likeness (QED) is 0.640. The highest BCUT2D eigenvalue weighted by Gasteiger charge is 2.09. The van der Waals surface area contributed by atoms with Crippen LogP contribution >= 0.6 is 0 Å². The first-order valence-corrected chi connectivity index (χ1v) is 4.35. The minimum absolute atomic E-state index is 0.329. The Bertz CT molecular complexity index is 429. The minimum Gasteiger partial charge on any atom is -0.478 e. The van der Waals surface area contributed by atoms with E-state index in [1.54, 1.807) is 0 Å². The molecular weight excluding hydrogens is 234 g/mol. The molecule has 0 unspecified atom stereocenters. The molecule has 0 aliphatic rings. The van der Waals surface area contributed by atoms with Crippen LogP contribution < -0.4 is 0 Å². The zero-order valence-corrected chi connectivity index (χ0v) is 8.94. The van der Waals surface area contributed by atoms with Crippen LogP contribution in [-0.4, -0.2) is 17.0 Å². The van der Waals surface area contributed by atoms with Gasteiger partial charge in [0.2, 0.25) is 0 Å². The topological polar surface area (TPSA) is 63.6 Å².